The van der Waals surface area contributed by atoms with Gasteiger partial charge in [-0.2, -0.15) is 0 Å². The van der Waals surface area contributed by atoms with E-state index in [4.69, 9.17) is 4.74 Å². The summed E-state index contributed by atoms with van der Waals surface area (Å²) in [6, 6.07) is 0. The number of methoxy groups -OCH3 is 1. The number of ether oxygens (including phenoxy) is 1. The summed E-state index contributed by atoms with van der Waals surface area (Å²) in [5.41, 5.74) is 1.09. The summed E-state index contributed by atoms with van der Waals surface area (Å²) in [7, 11) is 7.70. The molecule has 0 amide bonds. The topological polar surface area (TPSA) is 53.0 Å². The number of halogens is 1. The summed E-state index contributed by atoms with van der Waals surface area (Å²) in [6.07, 6.45) is 1.07. The van der Waals surface area contributed by atoms with Gasteiger partial charge < -0.3 is 19.9 Å². The van der Waals surface area contributed by atoms with E-state index in [0.717, 1.165) is 55.9 Å². The summed E-state index contributed by atoms with van der Waals surface area (Å²) in [5, 5.41) is 6.60. The molecule has 1 N–H and O–H groups in total. The molecule has 0 saturated carbocycles. The molecule has 134 valence electrons. The first-order chi connectivity index (χ1) is 10.6. The Morgan fingerprint density at radius 1 is 1.39 bits per heavy atom. The first kappa shape index (κ1) is 22.6. The lowest BCUT2D eigenvalue weighted by Gasteiger charge is -2.22. The largest absolute Gasteiger partial charge is 0.383 e. The number of aryl methyl sites for hydroxylation is 1. The average Bonchev–Trinajstić information content (AvgIpc) is 2.90. The van der Waals surface area contributed by atoms with E-state index >= 15 is 0 Å². The Morgan fingerprint density at radius 3 is 2.70 bits per heavy atom. The summed E-state index contributed by atoms with van der Waals surface area (Å²) in [6.45, 7) is 6.50. The second-order valence-electron chi connectivity index (χ2n) is 5.34. The molecule has 0 saturated heterocycles. The van der Waals surface area contributed by atoms with Crippen LogP contribution in [0.3, 0.4) is 0 Å². The molecule has 0 bridgehead atoms. The van der Waals surface area contributed by atoms with Crippen LogP contribution in [0.5, 0.6) is 0 Å². The highest BCUT2D eigenvalue weighted by Gasteiger charge is 2.08. The molecule has 0 aliphatic heterocycles. The fourth-order valence-electron chi connectivity index (χ4n) is 2.09. The zero-order valence-electron chi connectivity index (χ0n) is 14.8. The summed E-state index contributed by atoms with van der Waals surface area (Å²) < 4.78 is 5.08. The van der Waals surface area contributed by atoms with Crippen LogP contribution in [0.1, 0.15) is 17.1 Å². The monoisotopic (exact) mass is 455 g/mol. The Kier molecular flexibility index (Phi) is 12.7. The lowest BCUT2D eigenvalue weighted by Crippen LogP contribution is -2.39. The van der Waals surface area contributed by atoms with Crippen LogP contribution in [0.25, 0.3) is 0 Å². The quantitative estimate of drug-likeness (QED) is 0.267. The van der Waals surface area contributed by atoms with Crippen molar-refractivity contribution in [1.82, 2.24) is 20.1 Å². The summed E-state index contributed by atoms with van der Waals surface area (Å²) in [4.78, 5) is 13.2. The minimum absolute atomic E-state index is 0. The van der Waals surface area contributed by atoms with Crippen LogP contribution in [0, 0.1) is 6.92 Å². The number of aliphatic imine (C=N–C) groups is 1. The number of hydrogen-bond acceptors (Lipinski definition) is 5. The lowest BCUT2D eigenvalue weighted by atomic mass is 10.4. The van der Waals surface area contributed by atoms with Crippen LogP contribution in [-0.4, -0.2) is 75.2 Å². The molecular weight excluding hydrogens is 425 g/mol. The number of nitrogens with one attached hydrogen (secondary N) is 1. The molecule has 0 aromatic carbocycles. The van der Waals surface area contributed by atoms with Crippen LogP contribution in [0.2, 0.25) is 0 Å². The van der Waals surface area contributed by atoms with Gasteiger partial charge in [-0.1, -0.05) is 0 Å². The highest BCUT2D eigenvalue weighted by atomic mass is 127. The number of aromatic nitrogens is 1. The minimum Gasteiger partial charge on any atom is -0.383 e. The third-order valence-corrected chi connectivity index (χ3v) is 4.14. The van der Waals surface area contributed by atoms with Crippen molar-refractivity contribution in [1.29, 1.82) is 0 Å². The van der Waals surface area contributed by atoms with Crippen LogP contribution in [0.15, 0.2) is 10.4 Å². The Bertz CT molecular complexity index is 455. The summed E-state index contributed by atoms with van der Waals surface area (Å²) >= 11 is 1.68. The maximum Gasteiger partial charge on any atom is 0.193 e. The van der Waals surface area contributed by atoms with Crippen LogP contribution < -0.4 is 5.32 Å². The van der Waals surface area contributed by atoms with E-state index in [2.05, 4.69) is 37.5 Å². The van der Waals surface area contributed by atoms with Gasteiger partial charge in [-0.25, -0.2) is 4.98 Å². The third kappa shape index (κ3) is 9.43. The Hall–Kier alpha value is -0.450. The van der Waals surface area contributed by atoms with Gasteiger partial charge in [0, 0.05) is 39.7 Å². The zero-order chi connectivity index (χ0) is 16.4. The van der Waals surface area contributed by atoms with Crippen molar-refractivity contribution in [3.63, 3.8) is 0 Å². The number of rotatable bonds is 9. The van der Waals surface area contributed by atoms with Crippen molar-refractivity contribution in [2.75, 3.05) is 54.5 Å². The second-order valence-corrected chi connectivity index (χ2v) is 6.40. The lowest BCUT2D eigenvalue weighted by molar-refractivity contribution is 0.161. The predicted octanol–water partition coefficient (Wildman–Crippen LogP) is 2.05. The van der Waals surface area contributed by atoms with E-state index in [1.54, 1.807) is 18.4 Å². The summed E-state index contributed by atoms with van der Waals surface area (Å²) in [5.74, 6) is 0.908. The van der Waals surface area contributed by atoms with Gasteiger partial charge >= 0.3 is 0 Å². The molecular formula is C15H30IN5OS. The van der Waals surface area contributed by atoms with Crippen molar-refractivity contribution in [3.05, 3.63) is 16.1 Å². The highest BCUT2D eigenvalue weighted by Crippen LogP contribution is 2.09. The first-order valence-corrected chi connectivity index (χ1v) is 8.45. The average molecular weight is 455 g/mol. The molecule has 0 aliphatic carbocycles. The van der Waals surface area contributed by atoms with E-state index in [0.29, 0.717) is 0 Å². The van der Waals surface area contributed by atoms with Crippen molar-refractivity contribution in [2.24, 2.45) is 4.99 Å². The van der Waals surface area contributed by atoms with Crippen LogP contribution >= 0.6 is 35.3 Å². The second kappa shape index (κ2) is 12.9. The molecule has 23 heavy (non-hydrogen) atoms. The molecule has 1 aromatic rings. The molecule has 0 unspecified atom stereocenters. The highest BCUT2D eigenvalue weighted by molar-refractivity contribution is 14.0. The smallest absolute Gasteiger partial charge is 0.193 e. The van der Waals surface area contributed by atoms with Gasteiger partial charge in [0.1, 0.15) is 0 Å². The number of thiazole rings is 1. The van der Waals surface area contributed by atoms with Gasteiger partial charge in [-0.15, -0.1) is 35.3 Å². The Labute approximate surface area is 161 Å². The molecule has 0 atom stereocenters. The van der Waals surface area contributed by atoms with Gasteiger partial charge in [-0.05, 0) is 26.9 Å². The number of hydrogen-bond donors (Lipinski definition) is 1. The van der Waals surface area contributed by atoms with Gasteiger partial charge in [0.2, 0.25) is 0 Å². The predicted molar refractivity (Wildman–Crippen MR) is 109 cm³/mol. The van der Waals surface area contributed by atoms with Crippen LogP contribution in [0.4, 0.5) is 0 Å². The van der Waals surface area contributed by atoms with E-state index in [9.17, 15) is 0 Å². The maximum absolute atomic E-state index is 5.08. The molecule has 8 heteroatoms. The van der Waals surface area contributed by atoms with Crippen LogP contribution in [-0.2, 0) is 11.3 Å². The fourth-order valence-corrected chi connectivity index (χ4v) is 2.70. The molecule has 1 rings (SSSR count). The SMILES string of the molecule is CN=C(NCCCN(C)CCOC)N(C)Cc1csc(C)n1.I. The van der Waals surface area contributed by atoms with Crippen molar-refractivity contribution in [2.45, 2.75) is 19.9 Å². The minimum atomic E-state index is 0. The van der Waals surface area contributed by atoms with Crippen molar-refractivity contribution < 1.29 is 4.74 Å². The first-order valence-electron chi connectivity index (χ1n) is 7.57. The Balaban J connectivity index is 0.00000484. The third-order valence-electron chi connectivity index (χ3n) is 3.32. The van der Waals surface area contributed by atoms with Gasteiger partial charge in [0.05, 0.1) is 23.9 Å². The Morgan fingerprint density at radius 2 is 2.13 bits per heavy atom. The molecule has 1 heterocycles. The number of guanidine groups is 1. The van der Waals surface area contributed by atoms with E-state index in [-0.39, 0.29) is 24.0 Å². The van der Waals surface area contributed by atoms with E-state index < -0.39 is 0 Å². The molecule has 0 fully saturated rings. The normalized spacial score (nSPS) is 11.5. The molecule has 0 radical (unpaired) electrons. The molecule has 0 spiro atoms. The van der Waals surface area contributed by atoms with Gasteiger partial charge in [0.25, 0.3) is 0 Å². The molecule has 0 aliphatic rings. The maximum atomic E-state index is 5.08. The van der Waals surface area contributed by atoms with E-state index in [1.165, 1.54) is 0 Å². The fraction of sp³-hybridized carbons (Fsp3) is 0.733. The molecule has 6 nitrogen and oxygen atoms in total. The number of likely N-dealkylation sites (N-methyl/N-ethyl adjacent to an activating group) is 1. The van der Waals surface area contributed by atoms with Gasteiger partial charge in [0.15, 0.2) is 5.96 Å². The van der Waals surface area contributed by atoms with Gasteiger partial charge in [-0.3, -0.25) is 4.99 Å². The standard InChI is InChI=1S/C15H29N5OS.HI/c1-13-18-14(12-22-13)11-20(4)15(16-2)17-7-6-8-19(3)9-10-21-5;/h12H,6-11H2,1-5H3,(H,16,17);1H. The molecule has 1 aromatic heterocycles. The number of nitrogens with zero attached hydrogens (tertiary/aromatic N) is 4. The van der Waals surface area contributed by atoms with Crippen molar-refractivity contribution >= 4 is 41.3 Å². The van der Waals surface area contributed by atoms with E-state index in [1.807, 2.05) is 21.0 Å². The van der Waals surface area contributed by atoms with Crippen molar-refractivity contribution in [3.8, 4) is 0 Å². The zero-order valence-corrected chi connectivity index (χ0v) is 18.0.